The predicted octanol–water partition coefficient (Wildman–Crippen LogP) is 3.08. The summed E-state index contributed by atoms with van der Waals surface area (Å²) in [6.45, 7) is 8.45. The number of piperidine rings is 1. The largest absolute Gasteiger partial charge is 0.444 e. The highest BCUT2D eigenvalue weighted by Gasteiger charge is 2.39. The van der Waals surface area contributed by atoms with Crippen LogP contribution in [0.5, 0.6) is 0 Å². The molecule has 0 unspecified atom stereocenters. The van der Waals surface area contributed by atoms with Gasteiger partial charge in [0.25, 0.3) is 0 Å². The first kappa shape index (κ1) is 17.6. The molecule has 0 aromatic rings. The molecule has 120 valence electrons. The number of nitrogens with zero attached hydrogens (tertiary/aromatic N) is 4. The van der Waals surface area contributed by atoms with E-state index in [4.69, 9.17) is 10.3 Å². The van der Waals surface area contributed by atoms with E-state index < -0.39 is 11.2 Å². The van der Waals surface area contributed by atoms with E-state index in [-0.39, 0.29) is 18.6 Å². The van der Waals surface area contributed by atoms with Gasteiger partial charge in [-0.3, -0.25) is 0 Å². The van der Waals surface area contributed by atoms with Crippen LogP contribution in [-0.2, 0) is 4.74 Å². The van der Waals surface area contributed by atoms with Crippen LogP contribution < -0.4 is 0 Å². The van der Waals surface area contributed by atoms with Gasteiger partial charge in [0.05, 0.1) is 12.1 Å². The maximum absolute atomic E-state index is 12.1. The lowest BCUT2D eigenvalue weighted by atomic mass is 9.80. The average Bonchev–Trinajstić information content (AvgIpc) is 2.43. The Kier molecular flexibility index (Phi) is 5.87. The summed E-state index contributed by atoms with van der Waals surface area (Å²) in [7, 11) is 0. The number of amides is 1. The molecule has 0 saturated carbocycles. The molecule has 0 radical (unpaired) electrons. The van der Waals surface area contributed by atoms with Gasteiger partial charge in [0.15, 0.2) is 0 Å². The van der Waals surface area contributed by atoms with Gasteiger partial charge in [-0.15, -0.1) is 0 Å². The number of hydrogen-bond donors (Lipinski definition) is 1. The average molecular weight is 298 g/mol. The summed E-state index contributed by atoms with van der Waals surface area (Å²) >= 11 is 0. The van der Waals surface area contributed by atoms with Gasteiger partial charge in [-0.05, 0) is 45.6 Å². The molecule has 2 atom stereocenters. The molecule has 7 heteroatoms. The van der Waals surface area contributed by atoms with Gasteiger partial charge in [0, 0.05) is 23.9 Å². The van der Waals surface area contributed by atoms with Crippen LogP contribution in [0.1, 0.15) is 47.0 Å². The number of hydrogen-bond acceptors (Lipinski definition) is 4. The van der Waals surface area contributed by atoms with Crippen molar-refractivity contribution in [1.82, 2.24) is 4.90 Å². The van der Waals surface area contributed by atoms with Crippen molar-refractivity contribution in [1.29, 1.82) is 0 Å². The molecule has 1 heterocycles. The van der Waals surface area contributed by atoms with E-state index in [0.717, 1.165) is 12.8 Å². The van der Waals surface area contributed by atoms with Crippen LogP contribution in [0.25, 0.3) is 10.4 Å². The Morgan fingerprint density at radius 2 is 2.19 bits per heavy atom. The van der Waals surface area contributed by atoms with Gasteiger partial charge in [0.1, 0.15) is 5.60 Å². The minimum absolute atomic E-state index is 0.0345. The second kappa shape index (κ2) is 7.00. The lowest BCUT2D eigenvalue weighted by Crippen LogP contribution is -2.51. The highest BCUT2D eigenvalue weighted by atomic mass is 16.6. The molecule has 1 aliphatic heterocycles. The van der Waals surface area contributed by atoms with Crippen LogP contribution in [0.15, 0.2) is 5.11 Å². The molecule has 21 heavy (non-hydrogen) atoms. The molecule has 1 amide bonds. The molecular weight excluding hydrogens is 272 g/mol. The van der Waals surface area contributed by atoms with Crippen molar-refractivity contribution < 1.29 is 14.6 Å². The molecule has 0 bridgehead atoms. The Morgan fingerprint density at radius 3 is 2.71 bits per heavy atom. The van der Waals surface area contributed by atoms with Gasteiger partial charge < -0.3 is 14.7 Å². The summed E-state index contributed by atoms with van der Waals surface area (Å²) in [5.41, 5.74) is 6.86. The normalized spacial score (nSPS) is 22.1. The fourth-order valence-electron chi connectivity index (χ4n) is 2.59. The molecule has 1 rings (SSSR count). The topological polar surface area (TPSA) is 98.5 Å². The molecule has 7 nitrogen and oxygen atoms in total. The zero-order valence-electron chi connectivity index (χ0n) is 13.4. The van der Waals surface area contributed by atoms with Crippen LogP contribution in [-0.4, -0.2) is 46.9 Å². The zero-order chi connectivity index (χ0) is 16.1. The first-order chi connectivity index (χ1) is 9.72. The summed E-state index contributed by atoms with van der Waals surface area (Å²) in [4.78, 5) is 16.5. The van der Waals surface area contributed by atoms with Crippen molar-refractivity contribution in [2.75, 3.05) is 19.6 Å². The van der Waals surface area contributed by atoms with Crippen LogP contribution in [0.3, 0.4) is 0 Å². The SMILES string of the molecule is CC[C@@](O)(CN=[N+]=[N-])[C@H]1CCCN(C(=O)OC(C)(C)C)C1. The summed E-state index contributed by atoms with van der Waals surface area (Å²) in [6.07, 6.45) is 1.75. The van der Waals surface area contributed by atoms with Gasteiger partial charge >= 0.3 is 6.09 Å². The number of aliphatic hydroxyl groups is 1. The first-order valence-electron chi connectivity index (χ1n) is 7.43. The van der Waals surface area contributed by atoms with Crippen molar-refractivity contribution in [3.8, 4) is 0 Å². The summed E-state index contributed by atoms with van der Waals surface area (Å²) in [6, 6.07) is 0. The van der Waals surface area contributed by atoms with Gasteiger partial charge in [-0.25, -0.2) is 4.79 Å². The Balaban J connectivity index is 2.74. The molecule has 1 aliphatic rings. The third-order valence-corrected chi connectivity index (χ3v) is 3.85. The van der Waals surface area contributed by atoms with Crippen molar-refractivity contribution in [3.63, 3.8) is 0 Å². The van der Waals surface area contributed by atoms with Gasteiger partial charge in [-0.1, -0.05) is 12.0 Å². The molecule has 0 aromatic heterocycles. The minimum Gasteiger partial charge on any atom is -0.444 e. The molecule has 0 aromatic carbocycles. The summed E-state index contributed by atoms with van der Waals surface area (Å²) < 4.78 is 5.38. The quantitative estimate of drug-likeness (QED) is 0.490. The van der Waals surface area contributed by atoms with E-state index in [1.165, 1.54) is 0 Å². The Morgan fingerprint density at radius 1 is 1.52 bits per heavy atom. The number of carbonyl (C=O) groups excluding carboxylic acids is 1. The van der Waals surface area contributed by atoms with Crippen LogP contribution in [0.2, 0.25) is 0 Å². The third kappa shape index (κ3) is 5.10. The summed E-state index contributed by atoms with van der Waals surface area (Å²) in [5, 5.41) is 14.2. The van der Waals surface area contributed by atoms with Crippen molar-refractivity contribution >= 4 is 6.09 Å². The monoisotopic (exact) mass is 298 g/mol. The smallest absolute Gasteiger partial charge is 0.410 e. The molecule has 1 fully saturated rings. The van der Waals surface area contributed by atoms with Crippen LogP contribution in [0.4, 0.5) is 4.79 Å². The van der Waals surface area contributed by atoms with Crippen LogP contribution >= 0.6 is 0 Å². The molecule has 1 saturated heterocycles. The van der Waals surface area contributed by atoms with Gasteiger partial charge in [-0.2, -0.15) is 0 Å². The minimum atomic E-state index is -1.06. The Labute approximate surface area is 125 Å². The second-order valence-electron chi connectivity index (χ2n) is 6.61. The Hall–Kier alpha value is -1.46. The van der Waals surface area contributed by atoms with Crippen molar-refractivity contribution in [2.45, 2.75) is 58.2 Å². The molecule has 0 spiro atoms. The van der Waals surface area contributed by atoms with E-state index in [2.05, 4.69) is 10.0 Å². The summed E-state index contributed by atoms with van der Waals surface area (Å²) in [5.74, 6) is -0.103. The van der Waals surface area contributed by atoms with E-state index >= 15 is 0 Å². The second-order valence-corrected chi connectivity index (χ2v) is 6.61. The molecule has 1 N–H and O–H groups in total. The fraction of sp³-hybridized carbons (Fsp3) is 0.929. The number of rotatable bonds is 4. The molecular formula is C14H26N4O3. The third-order valence-electron chi connectivity index (χ3n) is 3.85. The predicted molar refractivity (Wildman–Crippen MR) is 79.8 cm³/mol. The van der Waals surface area contributed by atoms with E-state index in [1.54, 1.807) is 4.90 Å². The maximum atomic E-state index is 12.1. The fourth-order valence-corrected chi connectivity index (χ4v) is 2.59. The first-order valence-corrected chi connectivity index (χ1v) is 7.43. The number of likely N-dealkylation sites (tertiary alicyclic amines) is 1. The van der Waals surface area contributed by atoms with Gasteiger partial charge in [0.2, 0.25) is 0 Å². The zero-order valence-corrected chi connectivity index (χ0v) is 13.4. The van der Waals surface area contributed by atoms with E-state index in [1.807, 2.05) is 27.7 Å². The van der Waals surface area contributed by atoms with E-state index in [9.17, 15) is 9.90 Å². The highest BCUT2D eigenvalue weighted by molar-refractivity contribution is 5.68. The van der Waals surface area contributed by atoms with Crippen molar-refractivity contribution in [3.05, 3.63) is 10.4 Å². The lowest BCUT2D eigenvalue weighted by Gasteiger charge is -2.41. The standard InChI is InChI=1S/C14H26N4O3/c1-5-14(20,10-16-17-15)11-7-6-8-18(9-11)12(19)21-13(2,3)4/h11,20H,5-10H2,1-4H3/t11-,14+/m0/s1. The van der Waals surface area contributed by atoms with Crippen LogP contribution in [0, 0.1) is 5.92 Å². The molecule has 0 aliphatic carbocycles. The van der Waals surface area contributed by atoms with E-state index in [0.29, 0.717) is 19.5 Å². The number of azide groups is 1. The number of carbonyl (C=O) groups is 1. The maximum Gasteiger partial charge on any atom is 0.410 e. The number of ether oxygens (including phenoxy) is 1. The Bertz CT molecular complexity index is 415. The van der Waals surface area contributed by atoms with Crippen molar-refractivity contribution in [2.24, 2.45) is 11.0 Å². The lowest BCUT2D eigenvalue weighted by molar-refractivity contribution is -0.0478. The highest BCUT2D eigenvalue weighted by Crippen LogP contribution is 2.31.